The molecular formula is C46H32N4. The van der Waals surface area contributed by atoms with Crippen molar-refractivity contribution in [1.82, 2.24) is 19.9 Å². The van der Waals surface area contributed by atoms with Crippen LogP contribution in [0.5, 0.6) is 0 Å². The maximum Gasteiger partial charge on any atom is 0.164 e. The minimum Gasteiger partial charge on any atom is -0.265 e. The van der Waals surface area contributed by atoms with E-state index in [9.17, 15) is 0 Å². The molecule has 1 aliphatic rings. The lowest BCUT2D eigenvalue weighted by molar-refractivity contribution is 0.857. The Balaban J connectivity index is 1.26. The van der Waals surface area contributed by atoms with Crippen LogP contribution in [0.3, 0.4) is 0 Å². The van der Waals surface area contributed by atoms with Crippen molar-refractivity contribution in [2.24, 2.45) is 0 Å². The lowest BCUT2D eigenvalue weighted by Gasteiger charge is -2.24. The largest absolute Gasteiger partial charge is 0.265 e. The van der Waals surface area contributed by atoms with Crippen molar-refractivity contribution in [3.8, 4) is 33.9 Å². The molecule has 4 heteroatoms. The Morgan fingerprint density at radius 1 is 0.460 bits per heavy atom. The highest BCUT2D eigenvalue weighted by Gasteiger charge is 2.24. The second kappa shape index (κ2) is 12.8. The number of hydrogen-bond donors (Lipinski definition) is 0. The Morgan fingerprint density at radius 2 is 1.06 bits per heavy atom. The van der Waals surface area contributed by atoms with Gasteiger partial charge >= 0.3 is 0 Å². The molecule has 0 saturated heterocycles. The summed E-state index contributed by atoms with van der Waals surface area (Å²) >= 11 is 0. The molecule has 50 heavy (non-hydrogen) atoms. The molecule has 1 aliphatic carbocycles. The molecule has 0 bridgehead atoms. The standard InChI is InChI=1S/C46H32N4/c1-3-12-32(13-4-1)44-48-45(33-14-5-2-6-15-33)50-46(49-44)39-28-37(35-18-11-17-34(26-35)31-22-24-47-25-23-31)27-38(29-39)43-30-36-16-7-8-19-40(36)41-20-9-10-21-42(41)43/h1-27,29-30,37H,28H2. The molecule has 1 atom stereocenters. The second-order valence-corrected chi connectivity index (χ2v) is 12.7. The van der Waals surface area contributed by atoms with Crippen molar-refractivity contribution in [3.05, 3.63) is 193 Å². The molecule has 9 rings (SSSR count). The Kier molecular flexibility index (Phi) is 7.60. The van der Waals surface area contributed by atoms with Crippen LogP contribution in [0.25, 0.3) is 66.6 Å². The van der Waals surface area contributed by atoms with E-state index in [2.05, 4.69) is 132 Å². The van der Waals surface area contributed by atoms with Gasteiger partial charge in [-0.25, -0.2) is 15.0 Å². The molecular weight excluding hydrogens is 609 g/mol. The minimum absolute atomic E-state index is 0.0918. The summed E-state index contributed by atoms with van der Waals surface area (Å²) < 4.78 is 0. The number of benzene rings is 6. The van der Waals surface area contributed by atoms with Gasteiger partial charge in [0.05, 0.1) is 0 Å². The lowest BCUT2D eigenvalue weighted by Crippen LogP contribution is -2.09. The molecule has 0 aliphatic heterocycles. The van der Waals surface area contributed by atoms with Gasteiger partial charge in [-0.15, -0.1) is 0 Å². The fourth-order valence-electron chi connectivity index (χ4n) is 7.08. The van der Waals surface area contributed by atoms with Crippen molar-refractivity contribution in [1.29, 1.82) is 0 Å². The van der Waals surface area contributed by atoms with Crippen LogP contribution < -0.4 is 0 Å². The third kappa shape index (κ3) is 5.67. The third-order valence-corrected chi connectivity index (χ3v) is 9.54. The Bertz CT molecular complexity index is 2500. The van der Waals surface area contributed by atoms with Crippen LogP contribution in [0.15, 0.2) is 176 Å². The summed E-state index contributed by atoms with van der Waals surface area (Å²) in [6.07, 6.45) is 9.19. The first kappa shape index (κ1) is 29.6. The van der Waals surface area contributed by atoms with Gasteiger partial charge in [-0.05, 0) is 85.6 Å². The van der Waals surface area contributed by atoms with E-state index in [4.69, 9.17) is 15.0 Å². The molecule has 8 aromatic rings. The molecule has 0 spiro atoms. The smallest absolute Gasteiger partial charge is 0.164 e. The minimum atomic E-state index is 0.0918. The zero-order chi connectivity index (χ0) is 33.3. The Hall–Kier alpha value is -6.52. The van der Waals surface area contributed by atoms with Crippen molar-refractivity contribution in [2.75, 3.05) is 0 Å². The number of allylic oxidation sites excluding steroid dienone is 4. The third-order valence-electron chi connectivity index (χ3n) is 9.54. The molecule has 0 saturated carbocycles. The summed E-state index contributed by atoms with van der Waals surface area (Å²) in [5, 5.41) is 4.95. The molecule has 0 radical (unpaired) electrons. The van der Waals surface area contributed by atoms with E-state index in [1.807, 2.05) is 48.8 Å². The van der Waals surface area contributed by atoms with E-state index >= 15 is 0 Å². The van der Waals surface area contributed by atoms with Crippen LogP contribution in [-0.2, 0) is 0 Å². The molecule has 0 N–H and O–H groups in total. The van der Waals surface area contributed by atoms with Gasteiger partial charge in [0.2, 0.25) is 0 Å². The number of hydrogen-bond acceptors (Lipinski definition) is 4. The first-order chi connectivity index (χ1) is 24.8. The van der Waals surface area contributed by atoms with E-state index in [0.717, 1.165) is 34.3 Å². The van der Waals surface area contributed by atoms with Crippen molar-refractivity contribution < 1.29 is 0 Å². The van der Waals surface area contributed by atoms with Gasteiger partial charge in [0.15, 0.2) is 17.5 Å². The van der Waals surface area contributed by atoms with Gasteiger partial charge in [0, 0.05) is 29.4 Å². The summed E-state index contributed by atoms with van der Waals surface area (Å²) in [6, 6.07) is 53.1. The predicted octanol–water partition coefficient (Wildman–Crippen LogP) is 11.2. The van der Waals surface area contributed by atoms with Gasteiger partial charge in [0.25, 0.3) is 0 Å². The zero-order valence-electron chi connectivity index (χ0n) is 27.3. The van der Waals surface area contributed by atoms with E-state index in [-0.39, 0.29) is 5.92 Å². The monoisotopic (exact) mass is 640 g/mol. The zero-order valence-corrected chi connectivity index (χ0v) is 27.3. The van der Waals surface area contributed by atoms with Crippen molar-refractivity contribution in [2.45, 2.75) is 12.3 Å². The SMILES string of the molecule is C1=C(c2nc(-c3ccccc3)nc(-c3ccccc3)n2)CC(c2cccc(-c3ccncc3)c2)C=C1c1cc2ccccc2c2ccccc12. The summed E-state index contributed by atoms with van der Waals surface area (Å²) in [5.41, 5.74) is 8.93. The summed E-state index contributed by atoms with van der Waals surface area (Å²) in [4.78, 5) is 19.5. The topological polar surface area (TPSA) is 51.6 Å². The molecule has 0 fully saturated rings. The Labute approximate surface area is 291 Å². The molecule has 2 aromatic heterocycles. The van der Waals surface area contributed by atoms with Gasteiger partial charge < -0.3 is 0 Å². The summed E-state index contributed by atoms with van der Waals surface area (Å²) in [7, 11) is 0. The highest BCUT2D eigenvalue weighted by atomic mass is 15.0. The fourth-order valence-corrected chi connectivity index (χ4v) is 7.08. The van der Waals surface area contributed by atoms with Crippen molar-refractivity contribution in [3.63, 3.8) is 0 Å². The van der Waals surface area contributed by atoms with Gasteiger partial charge in [-0.2, -0.15) is 0 Å². The van der Waals surface area contributed by atoms with Crippen LogP contribution in [0.2, 0.25) is 0 Å². The number of fused-ring (bicyclic) bond motifs is 3. The fraction of sp³-hybridized carbons (Fsp3) is 0.0435. The first-order valence-corrected chi connectivity index (χ1v) is 17.0. The predicted molar refractivity (Wildman–Crippen MR) is 205 cm³/mol. The van der Waals surface area contributed by atoms with E-state index in [1.165, 1.54) is 38.2 Å². The van der Waals surface area contributed by atoms with Crippen LogP contribution in [-0.4, -0.2) is 19.9 Å². The van der Waals surface area contributed by atoms with E-state index < -0.39 is 0 Å². The Morgan fingerprint density at radius 3 is 1.78 bits per heavy atom. The second-order valence-electron chi connectivity index (χ2n) is 12.7. The highest BCUT2D eigenvalue weighted by molar-refractivity contribution is 6.13. The van der Waals surface area contributed by atoms with Crippen LogP contribution >= 0.6 is 0 Å². The van der Waals surface area contributed by atoms with Crippen molar-refractivity contribution >= 4 is 32.7 Å². The molecule has 4 nitrogen and oxygen atoms in total. The summed E-state index contributed by atoms with van der Waals surface area (Å²) in [5.74, 6) is 2.12. The number of nitrogens with zero attached hydrogens (tertiary/aromatic N) is 4. The normalized spacial score (nSPS) is 14.4. The van der Waals surface area contributed by atoms with Gasteiger partial charge in [0.1, 0.15) is 0 Å². The number of pyridine rings is 1. The molecule has 6 aromatic carbocycles. The van der Waals surface area contributed by atoms with Crippen LogP contribution in [0, 0.1) is 0 Å². The molecule has 236 valence electrons. The van der Waals surface area contributed by atoms with Crippen LogP contribution in [0.4, 0.5) is 0 Å². The molecule has 0 amide bonds. The molecule has 2 heterocycles. The van der Waals surface area contributed by atoms with E-state index in [0.29, 0.717) is 17.5 Å². The van der Waals surface area contributed by atoms with Gasteiger partial charge in [-0.3, -0.25) is 4.98 Å². The quantitative estimate of drug-likeness (QED) is 0.170. The maximum absolute atomic E-state index is 5.16. The average molecular weight is 641 g/mol. The van der Waals surface area contributed by atoms with Gasteiger partial charge in [-0.1, -0.05) is 140 Å². The maximum atomic E-state index is 5.16. The van der Waals surface area contributed by atoms with Crippen LogP contribution in [0.1, 0.15) is 29.3 Å². The summed E-state index contributed by atoms with van der Waals surface area (Å²) in [6.45, 7) is 0. The average Bonchev–Trinajstić information content (AvgIpc) is 3.21. The van der Waals surface area contributed by atoms with E-state index in [1.54, 1.807) is 0 Å². The molecule has 1 unspecified atom stereocenters. The highest BCUT2D eigenvalue weighted by Crippen LogP contribution is 2.42. The lowest BCUT2D eigenvalue weighted by atomic mass is 9.81. The number of rotatable bonds is 6. The number of aromatic nitrogens is 4. The first-order valence-electron chi connectivity index (χ1n) is 17.0.